The van der Waals surface area contributed by atoms with Gasteiger partial charge in [-0.1, -0.05) is 0 Å². The summed E-state index contributed by atoms with van der Waals surface area (Å²) >= 11 is 2.94. The van der Waals surface area contributed by atoms with E-state index in [0.29, 0.717) is 10.9 Å². The quantitative estimate of drug-likeness (QED) is 0.826. The number of hydrogen-bond donors (Lipinski definition) is 2. The van der Waals surface area contributed by atoms with E-state index in [2.05, 4.69) is 10.3 Å². The van der Waals surface area contributed by atoms with E-state index in [1.54, 1.807) is 6.20 Å². The van der Waals surface area contributed by atoms with Crippen molar-refractivity contribution in [1.29, 1.82) is 0 Å². The van der Waals surface area contributed by atoms with Crippen LogP contribution in [0.15, 0.2) is 11.6 Å². The highest BCUT2D eigenvalue weighted by Gasteiger charge is 2.12. The molecule has 15 heavy (non-hydrogen) atoms. The molecule has 0 aliphatic rings. The minimum absolute atomic E-state index is 0.0285. The van der Waals surface area contributed by atoms with Crippen molar-refractivity contribution < 1.29 is 4.79 Å². The molecule has 1 aromatic rings. The lowest BCUT2D eigenvalue weighted by Gasteiger charge is -2.16. The van der Waals surface area contributed by atoms with Crippen LogP contribution in [0.25, 0.3) is 0 Å². The van der Waals surface area contributed by atoms with Gasteiger partial charge in [-0.3, -0.25) is 4.79 Å². The third-order valence-corrected chi connectivity index (χ3v) is 3.49. The highest BCUT2D eigenvalue weighted by molar-refractivity contribution is 8.00. The molecule has 0 spiro atoms. The fourth-order valence-electron chi connectivity index (χ4n) is 0.847. The van der Waals surface area contributed by atoms with Crippen LogP contribution in [0.1, 0.15) is 13.8 Å². The number of amides is 1. The van der Waals surface area contributed by atoms with Gasteiger partial charge < -0.3 is 11.1 Å². The second kappa shape index (κ2) is 5.48. The van der Waals surface area contributed by atoms with Gasteiger partial charge in [0.2, 0.25) is 5.91 Å². The van der Waals surface area contributed by atoms with Crippen molar-refractivity contribution in [3.05, 3.63) is 11.6 Å². The SMILES string of the molecule is CC(C)(N)CSCC(=O)Nc1nccs1. The maximum Gasteiger partial charge on any atom is 0.236 e. The van der Waals surface area contributed by atoms with E-state index in [1.807, 2.05) is 19.2 Å². The van der Waals surface area contributed by atoms with Crippen LogP contribution in [0.5, 0.6) is 0 Å². The largest absolute Gasteiger partial charge is 0.325 e. The lowest BCUT2D eigenvalue weighted by atomic mass is 10.1. The minimum Gasteiger partial charge on any atom is -0.325 e. The van der Waals surface area contributed by atoms with Gasteiger partial charge in [0.1, 0.15) is 0 Å². The molecule has 1 amide bonds. The molecule has 0 aromatic carbocycles. The zero-order chi connectivity index (χ0) is 11.3. The third-order valence-electron chi connectivity index (χ3n) is 1.39. The van der Waals surface area contributed by atoms with Crippen molar-refractivity contribution >= 4 is 34.1 Å². The highest BCUT2D eigenvalue weighted by atomic mass is 32.2. The third kappa shape index (κ3) is 5.76. The smallest absolute Gasteiger partial charge is 0.236 e. The van der Waals surface area contributed by atoms with Crippen LogP contribution in [0.4, 0.5) is 5.13 Å². The number of nitrogens with zero attached hydrogens (tertiary/aromatic N) is 1. The molecule has 4 nitrogen and oxygen atoms in total. The van der Waals surface area contributed by atoms with Crippen molar-refractivity contribution in [3.63, 3.8) is 0 Å². The average molecular weight is 245 g/mol. The first-order valence-electron chi connectivity index (χ1n) is 4.53. The molecule has 0 radical (unpaired) electrons. The molecule has 0 saturated carbocycles. The van der Waals surface area contributed by atoms with Gasteiger partial charge in [0.15, 0.2) is 5.13 Å². The zero-order valence-corrected chi connectivity index (χ0v) is 10.5. The van der Waals surface area contributed by atoms with E-state index in [1.165, 1.54) is 23.1 Å². The van der Waals surface area contributed by atoms with Crippen molar-refractivity contribution in [2.75, 3.05) is 16.8 Å². The van der Waals surface area contributed by atoms with Gasteiger partial charge >= 0.3 is 0 Å². The molecule has 0 aliphatic carbocycles. The Bertz CT molecular complexity index is 306. The number of hydrogen-bond acceptors (Lipinski definition) is 5. The van der Waals surface area contributed by atoms with E-state index in [4.69, 9.17) is 5.73 Å². The molecule has 1 aromatic heterocycles. The molecule has 3 N–H and O–H groups in total. The summed E-state index contributed by atoms with van der Waals surface area (Å²) in [7, 11) is 0. The number of thioether (sulfide) groups is 1. The fraction of sp³-hybridized carbons (Fsp3) is 0.556. The Morgan fingerprint density at radius 3 is 3.00 bits per heavy atom. The second-order valence-corrected chi connectivity index (χ2v) is 5.75. The molecular formula is C9H15N3OS2. The number of aromatic nitrogens is 1. The maximum absolute atomic E-state index is 11.4. The molecule has 6 heteroatoms. The van der Waals surface area contributed by atoms with Gasteiger partial charge in [0.05, 0.1) is 5.75 Å². The van der Waals surface area contributed by atoms with E-state index in [9.17, 15) is 4.79 Å². The number of nitrogens with two attached hydrogens (primary N) is 1. The van der Waals surface area contributed by atoms with Crippen LogP contribution in [-0.4, -0.2) is 27.9 Å². The van der Waals surface area contributed by atoms with Crippen LogP contribution >= 0.6 is 23.1 Å². The Morgan fingerprint density at radius 1 is 1.73 bits per heavy atom. The monoisotopic (exact) mass is 245 g/mol. The fourth-order valence-corrected chi connectivity index (χ4v) is 2.28. The Labute approximate surface area is 97.7 Å². The lowest BCUT2D eigenvalue weighted by Crippen LogP contribution is -2.35. The molecule has 1 rings (SSSR count). The molecule has 1 heterocycles. The average Bonchev–Trinajstić information content (AvgIpc) is 2.54. The topological polar surface area (TPSA) is 68.0 Å². The van der Waals surface area contributed by atoms with E-state index in [0.717, 1.165) is 5.75 Å². The van der Waals surface area contributed by atoms with Crippen LogP contribution in [-0.2, 0) is 4.79 Å². The first kappa shape index (κ1) is 12.5. The van der Waals surface area contributed by atoms with Crippen LogP contribution in [0.2, 0.25) is 0 Å². The van der Waals surface area contributed by atoms with Gasteiger partial charge in [0.25, 0.3) is 0 Å². The summed E-state index contributed by atoms with van der Waals surface area (Å²) in [4.78, 5) is 15.4. The summed E-state index contributed by atoms with van der Waals surface area (Å²) in [6.45, 7) is 3.89. The summed E-state index contributed by atoms with van der Waals surface area (Å²) in [5, 5.41) is 5.19. The summed E-state index contributed by atoms with van der Waals surface area (Å²) in [6, 6.07) is 0. The van der Waals surface area contributed by atoms with Gasteiger partial charge in [-0.15, -0.1) is 11.3 Å². The summed E-state index contributed by atoms with van der Waals surface area (Å²) in [6.07, 6.45) is 1.66. The van der Waals surface area contributed by atoms with E-state index >= 15 is 0 Å². The first-order valence-corrected chi connectivity index (χ1v) is 6.57. The minimum atomic E-state index is -0.230. The molecular weight excluding hydrogens is 230 g/mol. The number of nitrogens with one attached hydrogen (secondary N) is 1. The van der Waals surface area contributed by atoms with Crippen molar-refractivity contribution in [3.8, 4) is 0 Å². The van der Waals surface area contributed by atoms with Crippen LogP contribution in [0, 0.1) is 0 Å². The Kier molecular flexibility index (Phi) is 4.56. The maximum atomic E-state index is 11.4. The van der Waals surface area contributed by atoms with E-state index < -0.39 is 0 Å². The molecule has 0 aliphatic heterocycles. The number of anilines is 1. The zero-order valence-electron chi connectivity index (χ0n) is 8.82. The molecule has 84 valence electrons. The number of rotatable bonds is 5. The van der Waals surface area contributed by atoms with Gasteiger partial charge in [-0.25, -0.2) is 4.98 Å². The molecule has 0 unspecified atom stereocenters. The Hall–Kier alpha value is -0.590. The lowest BCUT2D eigenvalue weighted by molar-refractivity contribution is -0.113. The molecule has 0 fully saturated rings. The van der Waals surface area contributed by atoms with Crippen LogP contribution < -0.4 is 11.1 Å². The first-order chi connectivity index (χ1) is 6.97. The summed E-state index contributed by atoms with van der Waals surface area (Å²) in [5.41, 5.74) is 5.56. The van der Waals surface area contributed by atoms with Gasteiger partial charge in [0, 0.05) is 22.9 Å². The number of carbonyl (C=O) groups is 1. The number of carbonyl (C=O) groups excluding carboxylic acids is 1. The standard InChI is InChI=1S/C9H15N3OS2/c1-9(2,10)6-14-5-7(13)12-8-11-3-4-15-8/h3-4H,5-6,10H2,1-2H3,(H,11,12,13). The summed E-state index contributed by atoms with van der Waals surface area (Å²) in [5.74, 6) is 1.15. The van der Waals surface area contributed by atoms with Crippen molar-refractivity contribution in [1.82, 2.24) is 4.98 Å². The van der Waals surface area contributed by atoms with Crippen molar-refractivity contribution in [2.24, 2.45) is 5.73 Å². The van der Waals surface area contributed by atoms with E-state index in [-0.39, 0.29) is 11.4 Å². The Balaban J connectivity index is 2.20. The van der Waals surface area contributed by atoms with Crippen molar-refractivity contribution in [2.45, 2.75) is 19.4 Å². The predicted octanol–water partition coefficient (Wildman–Crippen LogP) is 1.55. The molecule has 0 saturated heterocycles. The van der Waals surface area contributed by atoms with Crippen LogP contribution in [0.3, 0.4) is 0 Å². The molecule has 0 bridgehead atoms. The predicted molar refractivity (Wildman–Crippen MR) is 66.3 cm³/mol. The van der Waals surface area contributed by atoms with Gasteiger partial charge in [-0.2, -0.15) is 11.8 Å². The summed E-state index contributed by atoms with van der Waals surface area (Å²) < 4.78 is 0. The number of thiazole rings is 1. The normalized spacial score (nSPS) is 11.4. The van der Waals surface area contributed by atoms with Gasteiger partial charge in [-0.05, 0) is 13.8 Å². The second-order valence-electron chi connectivity index (χ2n) is 3.87. The molecule has 0 atom stereocenters. The Morgan fingerprint density at radius 2 is 2.47 bits per heavy atom. The highest BCUT2D eigenvalue weighted by Crippen LogP contribution is 2.13.